The van der Waals surface area contributed by atoms with E-state index in [1.807, 2.05) is 53.4 Å². The Balaban J connectivity index is 1.84. The Bertz CT molecular complexity index is 1060. The van der Waals surface area contributed by atoms with E-state index in [-0.39, 0.29) is 0 Å². The molecule has 0 unspecified atom stereocenters. The molecule has 2 aromatic carbocycles. The number of benzene rings is 2. The fourth-order valence-corrected chi connectivity index (χ4v) is 3.13. The molecule has 26 heavy (non-hydrogen) atoms. The average molecular weight is 363 g/mol. The molecule has 4 rings (SSSR count). The van der Waals surface area contributed by atoms with Crippen molar-refractivity contribution in [3.63, 3.8) is 0 Å². The lowest BCUT2D eigenvalue weighted by molar-refractivity contribution is -0.604. The molecule has 2 aromatic heterocycles. The lowest BCUT2D eigenvalue weighted by atomic mass is 10.1. The fourth-order valence-electron chi connectivity index (χ4n) is 2.95. The van der Waals surface area contributed by atoms with Gasteiger partial charge in [0.05, 0.1) is 6.54 Å². The van der Waals surface area contributed by atoms with Crippen LogP contribution in [-0.4, -0.2) is 9.97 Å². The summed E-state index contributed by atoms with van der Waals surface area (Å²) in [5.41, 5.74) is 1.74. The summed E-state index contributed by atoms with van der Waals surface area (Å²) in [6.07, 6.45) is 6.54. The quantitative estimate of drug-likeness (QED) is 0.402. The Morgan fingerprint density at radius 1 is 0.962 bits per heavy atom. The van der Waals surface area contributed by atoms with Crippen LogP contribution in [0.2, 0.25) is 5.02 Å². The molecule has 0 aliphatic rings. The van der Waals surface area contributed by atoms with Crippen molar-refractivity contribution in [1.82, 2.24) is 9.97 Å². The van der Waals surface area contributed by atoms with E-state index < -0.39 is 0 Å². The van der Waals surface area contributed by atoms with E-state index in [9.17, 15) is 5.21 Å². The van der Waals surface area contributed by atoms with Gasteiger partial charge in [-0.1, -0.05) is 35.9 Å². The van der Waals surface area contributed by atoms with Gasteiger partial charge in [-0.3, -0.25) is 0 Å². The van der Waals surface area contributed by atoms with E-state index in [2.05, 4.69) is 9.97 Å². The summed E-state index contributed by atoms with van der Waals surface area (Å²) in [6, 6.07) is 17.1. The summed E-state index contributed by atoms with van der Waals surface area (Å²) >= 11 is 6.18. The van der Waals surface area contributed by atoms with Crippen molar-refractivity contribution >= 4 is 34.0 Å². The highest BCUT2D eigenvalue weighted by Gasteiger charge is 2.16. The molecule has 0 atom stereocenters. The van der Waals surface area contributed by atoms with E-state index in [4.69, 9.17) is 11.6 Å². The molecule has 0 spiro atoms. The van der Waals surface area contributed by atoms with E-state index in [1.54, 1.807) is 30.9 Å². The average Bonchev–Trinajstić information content (AvgIpc) is 2.66. The monoisotopic (exact) mass is 362 g/mol. The Morgan fingerprint density at radius 2 is 1.77 bits per heavy atom. The molecule has 0 saturated carbocycles. The Hall–Kier alpha value is -3.18. The maximum absolute atomic E-state index is 12.1. The maximum Gasteiger partial charge on any atom is 0.230 e. The third kappa shape index (κ3) is 3.30. The second-order valence-electron chi connectivity index (χ2n) is 5.85. The molecule has 0 aliphatic carbocycles. The van der Waals surface area contributed by atoms with Crippen LogP contribution in [0.15, 0.2) is 79.4 Å². The van der Waals surface area contributed by atoms with Gasteiger partial charge in [0.2, 0.25) is 5.95 Å². The van der Waals surface area contributed by atoms with Gasteiger partial charge < -0.3 is 10.1 Å². The van der Waals surface area contributed by atoms with Crippen molar-refractivity contribution in [1.29, 1.82) is 0 Å². The predicted molar refractivity (Wildman–Crippen MR) is 102 cm³/mol. The van der Waals surface area contributed by atoms with E-state index >= 15 is 0 Å². The van der Waals surface area contributed by atoms with Gasteiger partial charge in [0, 0.05) is 34.1 Å². The van der Waals surface area contributed by atoms with E-state index in [0.717, 1.165) is 26.8 Å². The number of nitrogens with zero attached hydrogens (tertiary/aromatic N) is 4. The minimum Gasteiger partial charge on any atom is -0.619 e. The number of aromatic nitrogens is 3. The van der Waals surface area contributed by atoms with E-state index in [1.165, 1.54) is 0 Å². The highest BCUT2D eigenvalue weighted by molar-refractivity contribution is 6.30. The van der Waals surface area contributed by atoms with Crippen LogP contribution in [0, 0.1) is 5.21 Å². The molecule has 128 valence electrons. The van der Waals surface area contributed by atoms with Gasteiger partial charge >= 0.3 is 0 Å². The number of fused-ring (bicyclic) bond motifs is 1. The largest absolute Gasteiger partial charge is 0.619 e. The third-order valence-corrected chi connectivity index (χ3v) is 4.33. The molecular formula is C20H15ClN4O. The number of hydrogen-bond donors (Lipinski definition) is 0. The van der Waals surface area contributed by atoms with Crippen LogP contribution in [0.4, 0.5) is 11.6 Å². The SMILES string of the molecule is [O-][n+]1cc(CN(c2cccc(Cl)c2)c2ncccn2)c2ccccc2c1. The number of halogens is 1. The first-order valence-electron chi connectivity index (χ1n) is 8.11. The number of anilines is 2. The van der Waals surface area contributed by atoms with Crippen LogP contribution in [0.5, 0.6) is 0 Å². The van der Waals surface area contributed by atoms with Crippen molar-refractivity contribution in [2.45, 2.75) is 6.54 Å². The van der Waals surface area contributed by atoms with Crippen molar-refractivity contribution in [3.8, 4) is 0 Å². The maximum atomic E-state index is 12.1. The summed E-state index contributed by atoms with van der Waals surface area (Å²) in [5.74, 6) is 0.542. The van der Waals surface area contributed by atoms with Gasteiger partial charge in [-0.05, 0) is 35.7 Å². The fraction of sp³-hybridized carbons (Fsp3) is 0.0500. The minimum atomic E-state index is 0.438. The smallest absolute Gasteiger partial charge is 0.230 e. The predicted octanol–water partition coefficient (Wildman–Crippen LogP) is 4.25. The van der Waals surface area contributed by atoms with Crippen molar-refractivity contribution < 1.29 is 4.73 Å². The molecular weight excluding hydrogens is 348 g/mol. The molecule has 6 heteroatoms. The highest BCUT2D eigenvalue weighted by atomic mass is 35.5. The Labute approximate surface area is 155 Å². The van der Waals surface area contributed by atoms with Crippen LogP contribution < -0.4 is 9.63 Å². The molecule has 0 bridgehead atoms. The topological polar surface area (TPSA) is 56.0 Å². The third-order valence-electron chi connectivity index (χ3n) is 4.10. The van der Waals surface area contributed by atoms with Gasteiger partial charge in [-0.2, -0.15) is 4.73 Å². The van der Waals surface area contributed by atoms with Crippen LogP contribution in [0.1, 0.15) is 5.56 Å². The Morgan fingerprint density at radius 3 is 2.58 bits per heavy atom. The normalized spacial score (nSPS) is 10.8. The van der Waals surface area contributed by atoms with Gasteiger partial charge in [0.25, 0.3) is 0 Å². The Kier molecular flexibility index (Phi) is 4.37. The summed E-state index contributed by atoms with van der Waals surface area (Å²) in [5, 5.41) is 14.6. The minimum absolute atomic E-state index is 0.438. The van der Waals surface area contributed by atoms with Gasteiger partial charge in [0.1, 0.15) is 0 Å². The zero-order chi connectivity index (χ0) is 17.9. The van der Waals surface area contributed by atoms with Crippen LogP contribution >= 0.6 is 11.6 Å². The molecule has 4 aromatic rings. The van der Waals surface area contributed by atoms with Crippen molar-refractivity contribution in [3.05, 3.63) is 95.2 Å². The summed E-state index contributed by atoms with van der Waals surface area (Å²) < 4.78 is 0.833. The second kappa shape index (κ2) is 6.98. The van der Waals surface area contributed by atoms with Crippen LogP contribution in [0.3, 0.4) is 0 Å². The zero-order valence-corrected chi connectivity index (χ0v) is 14.5. The first-order chi connectivity index (χ1) is 12.7. The number of rotatable bonds is 4. The number of hydrogen-bond acceptors (Lipinski definition) is 4. The van der Waals surface area contributed by atoms with Crippen LogP contribution in [-0.2, 0) is 6.54 Å². The molecule has 0 amide bonds. The lowest BCUT2D eigenvalue weighted by Crippen LogP contribution is -2.27. The molecule has 5 nitrogen and oxygen atoms in total. The first-order valence-corrected chi connectivity index (χ1v) is 8.49. The molecule has 0 N–H and O–H groups in total. The van der Waals surface area contributed by atoms with Crippen molar-refractivity contribution in [2.75, 3.05) is 4.90 Å². The molecule has 0 radical (unpaired) electrons. The standard InChI is InChI=1S/C20H15ClN4O/c21-17-6-3-7-18(11-17)25(20-22-9-4-10-23-20)14-16-13-24(26)12-15-5-1-2-8-19(15)16/h1-13H,14H2. The van der Waals surface area contributed by atoms with Gasteiger partial charge in [-0.25, -0.2) is 9.97 Å². The number of pyridine rings is 1. The summed E-state index contributed by atoms with van der Waals surface area (Å²) in [7, 11) is 0. The molecule has 0 saturated heterocycles. The molecule has 0 aliphatic heterocycles. The first kappa shape index (κ1) is 16.3. The zero-order valence-electron chi connectivity index (χ0n) is 13.8. The summed E-state index contributed by atoms with van der Waals surface area (Å²) in [4.78, 5) is 10.7. The molecule has 2 heterocycles. The van der Waals surface area contributed by atoms with E-state index in [0.29, 0.717) is 17.5 Å². The second-order valence-corrected chi connectivity index (χ2v) is 6.28. The van der Waals surface area contributed by atoms with Crippen LogP contribution in [0.25, 0.3) is 10.8 Å². The summed E-state index contributed by atoms with van der Waals surface area (Å²) in [6.45, 7) is 0.438. The van der Waals surface area contributed by atoms with Gasteiger partial charge in [-0.15, -0.1) is 0 Å². The molecule has 0 fully saturated rings. The highest BCUT2D eigenvalue weighted by Crippen LogP contribution is 2.28. The van der Waals surface area contributed by atoms with Crippen molar-refractivity contribution in [2.24, 2.45) is 0 Å². The lowest BCUT2D eigenvalue weighted by Gasteiger charge is -2.23. The van der Waals surface area contributed by atoms with Gasteiger partial charge in [0.15, 0.2) is 12.4 Å².